The fourth-order valence-corrected chi connectivity index (χ4v) is 4.68. The summed E-state index contributed by atoms with van der Waals surface area (Å²) in [6.07, 6.45) is 2.17. The third-order valence-corrected chi connectivity index (χ3v) is 6.21. The van der Waals surface area contributed by atoms with Gasteiger partial charge in [0.05, 0.1) is 16.6 Å². The zero-order valence-corrected chi connectivity index (χ0v) is 16.0. The van der Waals surface area contributed by atoms with Crippen molar-refractivity contribution in [2.75, 3.05) is 13.1 Å². The molecule has 1 amide bonds. The zero-order valence-electron chi connectivity index (χ0n) is 15.2. The number of aromatic nitrogens is 3. The molecule has 0 unspecified atom stereocenters. The van der Waals surface area contributed by atoms with Crippen molar-refractivity contribution in [3.63, 3.8) is 0 Å². The molecule has 6 heteroatoms. The smallest absolute Gasteiger partial charge is 0.229 e. The third-order valence-electron chi connectivity index (χ3n) is 5.09. The van der Waals surface area contributed by atoms with Gasteiger partial charge in [0.2, 0.25) is 5.91 Å². The molecule has 1 fully saturated rings. The number of hydrogen-bond donors (Lipinski definition) is 0. The Morgan fingerprint density at radius 1 is 1.38 bits per heavy atom. The van der Waals surface area contributed by atoms with Crippen LogP contribution in [-0.4, -0.2) is 38.7 Å². The lowest BCUT2D eigenvalue weighted by Crippen LogP contribution is -2.41. The fourth-order valence-electron chi connectivity index (χ4n) is 3.75. The minimum absolute atomic E-state index is 0.143. The molecule has 0 spiro atoms. The summed E-state index contributed by atoms with van der Waals surface area (Å²) < 4.78 is 1.87. The van der Waals surface area contributed by atoms with E-state index in [1.807, 2.05) is 44.3 Å². The Hall–Kier alpha value is -1.69. The van der Waals surface area contributed by atoms with Crippen LogP contribution < -0.4 is 0 Å². The summed E-state index contributed by atoms with van der Waals surface area (Å²) in [6, 6.07) is 0. The summed E-state index contributed by atoms with van der Waals surface area (Å²) in [5, 5.41) is 7.73. The quantitative estimate of drug-likeness (QED) is 0.857. The van der Waals surface area contributed by atoms with E-state index in [2.05, 4.69) is 15.5 Å². The van der Waals surface area contributed by atoms with Crippen LogP contribution in [-0.2, 0) is 11.8 Å². The molecule has 130 valence electrons. The highest BCUT2D eigenvalue weighted by atomic mass is 32.1. The summed E-state index contributed by atoms with van der Waals surface area (Å²) >= 11 is 1.72. The molecule has 0 aromatic carbocycles. The van der Waals surface area contributed by atoms with Crippen LogP contribution in [0.4, 0.5) is 0 Å². The van der Waals surface area contributed by atoms with E-state index in [0.29, 0.717) is 5.92 Å². The van der Waals surface area contributed by atoms with Gasteiger partial charge in [-0.15, -0.1) is 11.3 Å². The number of hydrogen-bond acceptors (Lipinski definition) is 4. The molecule has 5 nitrogen and oxygen atoms in total. The Balaban J connectivity index is 1.76. The van der Waals surface area contributed by atoms with Gasteiger partial charge in [0, 0.05) is 48.4 Å². The number of amides is 1. The van der Waals surface area contributed by atoms with Gasteiger partial charge in [0.25, 0.3) is 0 Å². The Morgan fingerprint density at radius 3 is 2.71 bits per heavy atom. The molecule has 0 aliphatic carbocycles. The van der Waals surface area contributed by atoms with E-state index >= 15 is 0 Å². The lowest BCUT2D eigenvalue weighted by Gasteiger charge is -2.33. The van der Waals surface area contributed by atoms with E-state index in [-0.39, 0.29) is 11.8 Å². The fraction of sp³-hybridized carbons (Fsp3) is 0.611. The normalized spacial score (nSPS) is 19.5. The number of aryl methyl sites for hydroxylation is 3. The minimum Gasteiger partial charge on any atom is -0.341 e. The molecule has 0 N–H and O–H groups in total. The third kappa shape index (κ3) is 3.11. The van der Waals surface area contributed by atoms with Crippen LogP contribution in [0.15, 0.2) is 5.38 Å². The van der Waals surface area contributed by atoms with E-state index in [0.717, 1.165) is 48.6 Å². The first-order valence-corrected chi connectivity index (χ1v) is 9.47. The van der Waals surface area contributed by atoms with Gasteiger partial charge in [-0.1, -0.05) is 0 Å². The maximum absolute atomic E-state index is 13.1. The number of piperidine rings is 1. The lowest BCUT2D eigenvalue weighted by molar-refractivity contribution is -0.133. The van der Waals surface area contributed by atoms with Crippen molar-refractivity contribution in [2.45, 2.75) is 52.4 Å². The van der Waals surface area contributed by atoms with Crippen molar-refractivity contribution in [1.29, 1.82) is 0 Å². The second kappa shape index (κ2) is 6.67. The molecule has 0 radical (unpaired) electrons. The van der Waals surface area contributed by atoms with Crippen LogP contribution in [0.5, 0.6) is 0 Å². The molecule has 1 aliphatic rings. The van der Waals surface area contributed by atoms with Crippen LogP contribution in [0.2, 0.25) is 0 Å². The molecule has 24 heavy (non-hydrogen) atoms. The molecule has 0 bridgehead atoms. The second-order valence-electron chi connectivity index (χ2n) is 6.88. The summed E-state index contributed by atoms with van der Waals surface area (Å²) in [5.74, 6) is 0.451. The van der Waals surface area contributed by atoms with Crippen molar-refractivity contribution in [2.24, 2.45) is 7.05 Å². The van der Waals surface area contributed by atoms with Gasteiger partial charge in [-0.2, -0.15) is 5.10 Å². The summed E-state index contributed by atoms with van der Waals surface area (Å²) in [6.45, 7) is 9.70. The van der Waals surface area contributed by atoms with Crippen molar-refractivity contribution in [3.05, 3.63) is 33.0 Å². The highest BCUT2D eigenvalue weighted by molar-refractivity contribution is 7.09. The maximum atomic E-state index is 13.1. The first-order chi connectivity index (χ1) is 11.4. The SMILES string of the molecule is Cc1csc([C@@H]2CCCN(C(=O)[C@@H](C)c3c(C)nn(C)c3C)C2)n1. The van der Waals surface area contributed by atoms with Gasteiger partial charge in [-0.05, 0) is 40.5 Å². The monoisotopic (exact) mass is 346 g/mol. The number of nitrogens with zero attached hydrogens (tertiary/aromatic N) is 4. The Labute approximate surface area is 147 Å². The Morgan fingerprint density at radius 2 is 2.12 bits per heavy atom. The van der Waals surface area contributed by atoms with Gasteiger partial charge < -0.3 is 4.90 Å². The first-order valence-electron chi connectivity index (χ1n) is 8.59. The zero-order chi connectivity index (χ0) is 17.4. The number of carbonyl (C=O) groups is 1. The average molecular weight is 347 g/mol. The van der Waals surface area contributed by atoms with Crippen LogP contribution in [0, 0.1) is 20.8 Å². The molecule has 1 aliphatic heterocycles. The van der Waals surface area contributed by atoms with E-state index in [1.54, 1.807) is 11.3 Å². The predicted octanol–water partition coefficient (Wildman–Crippen LogP) is 3.31. The van der Waals surface area contributed by atoms with E-state index in [4.69, 9.17) is 0 Å². The van der Waals surface area contributed by atoms with Gasteiger partial charge in [-0.3, -0.25) is 9.48 Å². The van der Waals surface area contributed by atoms with E-state index in [9.17, 15) is 4.79 Å². The van der Waals surface area contributed by atoms with Crippen LogP contribution in [0.3, 0.4) is 0 Å². The Bertz CT molecular complexity index is 748. The molecular weight excluding hydrogens is 320 g/mol. The first kappa shape index (κ1) is 17.1. The van der Waals surface area contributed by atoms with Crippen molar-refractivity contribution in [1.82, 2.24) is 19.7 Å². The predicted molar refractivity (Wildman–Crippen MR) is 96.5 cm³/mol. The number of likely N-dealkylation sites (tertiary alicyclic amines) is 1. The molecule has 2 aromatic heterocycles. The molecule has 2 aromatic rings. The van der Waals surface area contributed by atoms with Gasteiger partial charge >= 0.3 is 0 Å². The second-order valence-corrected chi connectivity index (χ2v) is 7.77. The van der Waals surface area contributed by atoms with Crippen LogP contribution in [0.25, 0.3) is 0 Å². The summed E-state index contributed by atoms with van der Waals surface area (Å²) in [7, 11) is 1.94. The summed E-state index contributed by atoms with van der Waals surface area (Å²) in [5.41, 5.74) is 4.19. The van der Waals surface area contributed by atoms with Gasteiger partial charge in [-0.25, -0.2) is 4.98 Å². The molecule has 3 heterocycles. The van der Waals surface area contributed by atoms with Crippen LogP contribution in [0.1, 0.15) is 59.3 Å². The Kier molecular flexibility index (Phi) is 4.76. The van der Waals surface area contributed by atoms with Crippen molar-refractivity contribution in [3.8, 4) is 0 Å². The highest BCUT2D eigenvalue weighted by Gasteiger charge is 2.31. The average Bonchev–Trinajstić information content (AvgIpc) is 3.10. The minimum atomic E-state index is -0.143. The molecule has 0 saturated carbocycles. The lowest BCUT2D eigenvalue weighted by atomic mass is 9.94. The molecule has 1 saturated heterocycles. The molecule has 2 atom stereocenters. The van der Waals surface area contributed by atoms with Gasteiger partial charge in [0.1, 0.15) is 0 Å². The number of rotatable bonds is 3. The van der Waals surface area contributed by atoms with E-state index < -0.39 is 0 Å². The molecular formula is C18H26N4OS. The topological polar surface area (TPSA) is 51.0 Å². The van der Waals surface area contributed by atoms with Crippen molar-refractivity contribution < 1.29 is 4.79 Å². The number of carbonyl (C=O) groups excluding carboxylic acids is 1. The highest BCUT2D eigenvalue weighted by Crippen LogP contribution is 2.32. The number of thiazole rings is 1. The van der Waals surface area contributed by atoms with Gasteiger partial charge in [0.15, 0.2) is 0 Å². The largest absolute Gasteiger partial charge is 0.341 e. The standard InChI is InChI=1S/C18H26N4OS/c1-11-10-24-17(19-11)15-7-6-8-22(9-15)18(23)12(2)16-13(3)20-21(5)14(16)4/h10,12,15H,6-9H2,1-5H3/t12-,15+/m0/s1. The maximum Gasteiger partial charge on any atom is 0.229 e. The summed E-state index contributed by atoms with van der Waals surface area (Å²) in [4.78, 5) is 19.7. The van der Waals surface area contributed by atoms with Crippen molar-refractivity contribution >= 4 is 17.2 Å². The molecule has 3 rings (SSSR count). The van der Waals surface area contributed by atoms with E-state index in [1.165, 1.54) is 5.01 Å². The van der Waals surface area contributed by atoms with Crippen LogP contribution >= 0.6 is 11.3 Å².